The molecule has 3 aromatic rings. The lowest BCUT2D eigenvalue weighted by atomic mass is 9.68. The second kappa shape index (κ2) is 14.8. The number of carbonyl (C=O) groups excluding carboxylic acids is 2. The second-order valence-corrected chi connectivity index (χ2v) is 13.1. The normalized spacial score (nSPS) is 23.3. The van der Waals surface area contributed by atoms with Crippen molar-refractivity contribution in [2.24, 2.45) is 17.8 Å². The lowest BCUT2D eigenvalue weighted by molar-refractivity contribution is -0.144. The highest BCUT2D eigenvalue weighted by molar-refractivity contribution is 6.06. The molecule has 2 heterocycles. The highest BCUT2D eigenvalue weighted by Crippen LogP contribution is 2.47. The number of hydrogen-bond donors (Lipinski definition) is 4. The van der Waals surface area contributed by atoms with Crippen LogP contribution in [0.1, 0.15) is 48.8 Å². The quantitative estimate of drug-likeness (QED) is 0.138. The summed E-state index contributed by atoms with van der Waals surface area (Å²) >= 11 is 0. The molecule has 1 aliphatic carbocycles. The highest BCUT2D eigenvalue weighted by atomic mass is 16.3. The minimum Gasteiger partial charge on any atom is -0.508 e. The van der Waals surface area contributed by atoms with Crippen molar-refractivity contribution in [3.8, 4) is 5.75 Å². The van der Waals surface area contributed by atoms with E-state index in [1.54, 1.807) is 18.2 Å². The van der Waals surface area contributed by atoms with Gasteiger partial charge in [-0.05, 0) is 77.6 Å². The molecule has 2 aliphatic heterocycles. The molecule has 0 unspecified atom stereocenters. The Balaban J connectivity index is 1.18. The van der Waals surface area contributed by atoms with E-state index in [1.807, 2.05) is 60.7 Å². The number of rotatable bonds is 11. The summed E-state index contributed by atoms with van der Waals surface area (Å²) in [5, 5.41) is 42.8. The summed E-state index contributed by atoms with van der Waals surface area (Å²) in [7, 11) is 0. The van der Waals surface area contributed by atoms with E-state index in [-0.39, 0.29) is 43.1 Å². The van der Waals surface area contributed by atoms with E-state index in [0.717, 1.165) is 36.3 Å². The molecule has 4 atom stereocenters. The molecule has 47 heavy (non-hydrogen) atoms. The standard InChI is InChI=1S/C39H44N2O6/c42-24-30-22-33-37(39(47)41(38(33)46)31-16-18-40(19-17-31)23-26-8-3-1-4-9-26)34(25-43)36(30)35(45)15-14-29(28-11-5-2-6-12-28)20-27-10-7-13-32(44)21-27/h1-13,20-21,31,33-35,37,42-45H,14-19,22-25H2/b29-20-/t33-,34+,35-,37-/m1/s1. The highest BCUT2D eigenvalue weighted by Gasteiger charge is 2.56. The largest absolute Gasteiger partial charge is 0.508 e. The number of aromatic hydroxyl groups is 1. The summed E-state index contributed by atoms with van der Waals surface area (Å²) < 4.78 is 0. The Bertz CT molecular complexity index is 1610. The summed E-state index contributed by atoms with van der Waals surface area (Å²) in [6.07, 6.45) is 3.29. The Kier molecular flexibility index (Phi) is 10.3. The third-order valence-electron chi connectivity index (χ3n) is 10.2. The number of piperidine rings is 1. The number of likely N-dealkylation sites (tertiary alicyclic amines) is 2. The molecule has 8 nitrogen and oxygen atoms in total. The molecule has 4 N–H and O–H groups in total. The van der Waals surface area contributed by atoms with Crippen LogP contribution < -0.4 is 0 Å². The molecule has 2 fully saturated rings. The van der Waals surface area contributed by atoms with E-state index >= 15 is 0 Å². The molecule has 3 aliphatic rings. The minimum absolute atomic E-state index is 0.161. The summed E-state index contributed by atoms with van der Waals surface area (Å²) in [4.78, 5) is 31.6. The van der Waals surface area contributed by atoms with Crippen LogP contribution in [0.25, 0.3) is 11.6 Å². The predicted octanol–water partition coefficient (Wildman–Crippen LogP) is 4.64. The third-order valence-corrected chi connectivity index (χ3v) is 10.2. The van der Waals surface area contributed by atoms with Crippen LogP contribution in [0, 0.1) is 17.8 Å². The van der Waals surface area contributed by atoms with Crippen molar-refractivity contribution in [3.63, 3.8) is 0 Å². The topological polar surface area (TPSA) is 122 Å². The van der Waals surface area contributed by atoms with Crippen LogP contribution in [0.4, 0.5) is 0 Å². The maximum Gasteiger partial charge on any atom is 0.234 e. The number of carbonyl (C=O) groups is 2. The fourth-order valence-electron chi connectivity index (χ4n) is 7.88. The molecular formula is C39H44N2O6. The lowest BCUT2D eigenvalue weighted by Crippen LogP contribution is -2.47. The predicted molar refractivity (Wildman–Crippen MR) is 181 cm³/mol. The summed E-state index contributed by atoms with van der Waals surface area (Å²) in [6, 6.07) is 26.8. The summed E-state index contributed by atoms with van der Waals surface area (Å²) in [5.41, 5.74) is 5.01. The van der Waals surface area contributed by atoms with Gasteiger partial charge >= 0.3 is 0 Å². The SMILES string of the molecule is O=C1[C@@H]2[C@@H](CC(CO)=C([C@H](O)CC/C(=C/c3cccc(O)c3)c3ccccc3)[C@@H]2CO)C(=O)N1C1CCN(Cc2ccccc2)CC1. The molecule has 3 aromatic carbocycles. The molecule has 0 aromatic heterocycles. The molecular weight excluding hydrogens is 592 g/mol. The fourth-order valence-corrected chi connectivity index (χ4v) is 7.88. The van der Waals surface area contributed by atoms with Crippen LogP contribution in [0.5, 0.6) is 5.75 Å². The van der Waals surface area contributed by atoms with Gasteiger partial charge < -0.3 is 20.4 Å². The minimum atomic E-state index is -1.02. The maximum atomic E-state index is 14.0. The number of nitrogens with zero attached hydrogens (tertiary/aromatic N) is 2. The number of fused-ring (bicyclic) bond motifs is 1. The Morgan fingerprint density at radius 2 is 1.60 bits per heavy atom. The first-order valence-electron chi connectivity index (χ1n) is 16.7. The summed E-state index contributed by atoms with van der Waals surface area (Å²) in [5.74, 6) is -2.48. The first-order chi connectivity index (χ1) is 22.9. The van der Waals surface area contributed by atoms with Crippen molar-refractivity contribution >= 4 is 23.5 Å². The molecule has 0 bridgehead atoms. The number of aliphatic hydroxyl groups is 3. The van der Waals surface area contributed by atoms with Gasteiger partial charge in [0.15, 0.2) is 0 Å². The number of phenolic OH excluding ortho intramolecular Hbond substituents is 1. The smallest absolute Gasteiger partial charge is 0.234 e. The Morgan fingerprint density at radius 3 is 2.26 bits per heavy atom. The zero-order chi connectivity index (χ0) is 32.9. The zero-order valence-corrected chi connectivity index (χ0v) is 26.6. The Hall–Kier alpha value is -4.08. The zero-order valence-electron chi connectivity index (χ0n) is 26.6. The number of allylic oxidation sites excluding steroid dienone is 1. The van der Waals surface area contributed by atoms with Crippen LogP contribution >= 0.6 is 0 Å². The van der Waals surface area contributed by atoms with Crippen molar-refractivity contribution in [2.75, 3.05) is 26.3 Å². The molecule has 2 saturated heterocycles. The number of aliphatic hydroxyl groups excluding tert-OH is 3. The fraction of sp³-hybridized carbons (Fsp3) is 0.385. The number of amides is 2. The Morgan fingerprint density at radius 1 is 0.894 bits per heavy atom. The van der Waals surface area contributed by atoms with Crippen molar-refractivity contribution in [1.29, 1.82) is 0 Å². The molecule has 0 spiro atoms. The summed E-state index contributed by atoms with van der Waals surface area (Å²) in [6.45, 7) is 1.63. The van der Waals surface area contributed by atoms with E-state index in [2.05, 4.69) is 17.0 Å². The first-order valence-corrected chi connectivity index (χ1v) is 16.7. The molecule has 0 saturated carbocycles. The molecule has 0 radical (unpaired) electrons. The first kappa shape index (κ1) is 32.8. The van der Waals surface area contributed by atoms with Gasteiger partial charge in [-0.3, -0.25) is 19.4 Å². The van der Waals surface area contributed by atoms with Crippen molar-refractivity contribution in [3.05, 3.63) is 113 Å². The van der Waals surface area contributed by atoms with Gasteiger partial charge in [0.25, 0.3) is 0 Å². The van der Waals surface area contributed by atoms with Gasteiger partial charge in [0.1, 0.15) is 5.75 Å². The van der Waals surface area contributed by atoms with Gasteiger partial charge in [-0.2, -0.15) is 0 Å². The van der Waals surface area contributed by atoms with Crippen LogP contribution in [0.15, 0.2) is 96.1 Å². The van der Waals surface area contributed by atoms with E-state index in [0.29, 0.717) is 30.4 Å². The van der Waals surface area contributed by atoms with Gasteiger partial charge in [-0.25, -0.2) is 0 Å². The van der Waals surface area contributed by atoms with Gasteiger partial charge in [-0.15, -0.1) is 0 Å². The monoisotopic (exact) mass is 636 g/mol. The number of benzene rings is 3. The molecule has 246 valence electrons. The van der Waals surface area contributed by atoms with Crippen LogP contribution in [-0.4, -0.2) is 80.5 Å². The van der Waals surface area contributed by atoms with Crippen LogP contribution in [0.2, 0.25) is 0 Å². The van der Waals surface area contributed by atoms with Gasteiger partial charge in [-0.1, -0.05) is 78.9 Å². The van der Waals surface area contributed by atoms with Gasteiger partial charge in [0, 0.05) is 31.6 Å². The van der Waals surface area contributed by atoms with Crippen molar-refractivity contribution in [1.82, 2.24) is 9.80 Å². The van der Waals surface area contributed by atoms with E-state index in [9.17, 15) is 30.0 Å². The average Bonchev–Trinajstić information content (AvgIpc) is 3.35. The van der Waals surface area contributed by atoms with E-state index < -0.39 is 30.5 Å². The molecule has 6 rings (SSSR count). The average molecular weight is 637 g/mol. The molecule has 8 heteroatoms. The number of imide groups is 1. The number of phenols is 1. The van der Waals surface area contributed by atoms with E-state index in [4.69, 9.17) is 0 Å². The lowest BCUT2D eigenvalue weighted by Gasteiger charge is -2.36. The maximum absolute atomic E-state index is 14.0. The van der Waals surface area contributed by atoms with Gasteiger partial charge in [0.05, 0.1) is 31.2 Å². The Labute approximate surface area is 276 Å². The van der Waals surface area contributed by atoms with E-state index in [1.165, 1.54) is 10.5 Å². The van der Waals surface area contributed by atoms with Crippen LogP contribution in [0.3, 0.4) is 0 Å². The second-order valence-electron chi connectivity index (χ2n) is 13.1. The molecule has 2 amide bonds. The van der Waals surface area contributed by atoms with Crippen molar-refractivity contribution in [2.45, 2.75) is 50.8 Å². The third kappa shape index (κ3) is 7.11. The van der Waals surface area contributed by atoms with Crippen LogP contribution in [-0.2, 0) is 16.1 Å². The number of hydrogen-bond acceptors (Lipinski definition) is 7. The van der Waals surface area contributed by atoms with Gasteiger partial charge in [0.2, 0.25) is 11.8 Å². The van der Waals surface area contributed by atoms with Crippen molar-refractivity contribution < 1.29 is 30.0 Å².